The van der Waals surface area contributed by atoms with Crippen molar-refractivity contribution in [3.63, 3.8) is 0 Å². The van der Waals surface area contributed by atoms with Crippen LogP contribution in [-0.4, -0.2) is 48.7 Å². The van der Waals surface area contributed by atoms with Crippen LogP contribution in [0.1, 0.15) is 24.2 Å². The van der Waals surface area contributed by atoms with Crippen molar-refractivity contribution in [3.8, 4) is 11.5 Å². The topological polar surface area (TPSA) is 76.1 Å². The van der Waals surface area contributed by atoms with Crippen molar-refractivity contribution in [1.82, 2.24) is 4.90 Å². The van der Waals surface area contributed by atoms with Crippen LogP contribution in [0.25, 0.3) is 0 Å². The molecule has 1 N–H and O–H groups in total. The Labute approximate surface area is 117 Å². The molecule has 0 aliphatic heterocycles. The number of carboxylic acid groups (broad SMARTS) is 1. The summed E-state index contributed by atoms with van der Waals surface area (Å²) < 4.78 is 10.5. The van der Waals surface area contributed by atoms with Crippen LogP contribution in [0.5, 0.6) is 11.5 Å². The molecule has 6 nitrogen and oxygen atoms in total. The minimum absolute atomic E-state index is 0.101. The van der Waals surface area contributed by atoms with E-state index < -0.39 is 5.97 Å². The van der Waals surface area contributed by atoms with E-state index in [1.165, 1.54) is 25.3 Å². The highest BCUT2D eigenvalue weighted by molar-refractivity contribution is 5.88. The summed E-state index contributed by atoms with van der Waals surface area (Å²) >= 11 is 0. The first-order valence-electron chi connectivity index (χ1n) is 6.35. The van der Waals surface area contributed by atoms with Gasteiger partial charge in [0.15, 0.2) is 18.1 Å². The van der Waals surface area contributed by atoms with Gasteiger partial charge >= 0.3 is 5.97 Å². The number of benzene rings is 1. The van der Waals surface area contributed by atoms with Gasteiger partial charge < -0.3 is 19.5 Å². The standard InChI is InChI=1S/C14H19NO5/c1-4-15(5-2)13(16)9-20-11-7-6-10(14(17)18)8-12(11)19-3/h6-8H,4-5,9H2,1-3H3,(H,17,18). The highest BCUT2D eigenvalue weighted by Crippen LogP contribution is 2.28. The normalized spacial score (nSPS) is 9.95. The van der Waals surface area contributed by atoms with E-state index in [0.717, 1.165) is 0 Å². The van der Waals surface area contributed by atoms with E-state index in [-0.39, 0.29) is 23.8 Å². The van der Waals surface area contributed by atoms with Gasteiger partial charge in [-0.15, -0.1) is 0 Å². The van der Waals surface area contributed by atoms with Crippen molar-refractivity contribution in [1.29, 1.82) is 0 Å². The largest absolute Gasteiger partial charge is 0.493 e. The highest BCUT2D eigenvalue weighted by Gasteiger charge is 2.14. The molecule has 0 fully saturated rings. The Morgan fingerprint density at radius 2 is 1.85 bits per heavy atom. The minimum Gasteiger partial charge on any atom is -0.493 e. The molecular formula is C14H19NO5. The quantitative estimate of drug-likeness (QED) is 0.822. The predicted octanol–water partition coefficient (Wildman–Crippen LogP) is 1.64. The molecule has 20 heavy (non-hydrogen) atoms. The van der Waals surface area contributed by atoms with Crippen molar-refractivity contribution in [2.45, 2.75) is 13.8 Å². The van der Waals surface area contributed by atoms with Crippen molar-refractivity contribution in [2.75, 3.05) is 26.8 Å². The van der Waals surface area contributed by atoms with Gasteiger partial charge in [-0.1, -0.05) is 0 Å². The molecule has 0 saturated carbocycles. The summed E-state index contributed by atoms with van der Waals surface area (Å²) in [5.74, 6) is -0.538. The summed E-state index contributed by atoms with van der Waals surface area (Å²) in [6.45, 7) is 4.92. The maximum absolute atomic E-state index is 11.8. The summed E-state index contributed by atoms with van der Waals surface area (Å²) in [4.78, 5) is 24.3. The minimum atomic E-state index is -1.05. The number of rotatable bonds is 7. The molecule has 1 rings (SSSR count). The van der Waals surface area contributed by atoms with E-state index in [4.69, 9.17) is 14.6 Å². The lowest BCUT2D eigenvalue weighted by Crippen LogP contribution is -2.34. The monoisotopic (exact) mass is 281 g/mol. The maximum atomic E-state index is 11.8. The van der Waals surface area contributed by atoms with Crippen LogP contribution in [0.4, 0.5) is 0 Å². The smallest absolute Gasteiger partial charge is 0.335 e. The number of amides is 1. The van der Waals surface area contributed by atoms with Crippen LogP contribution >= 0.6 is 0 Å². The fourth-order valence-electron chi connectivity index (χ4n) is 1.73. The first-order chi connectivity index (χ1) is 9.53. The van der Waals surface area contributed by atoms with E-state index in [1.807, 2.05) is 13.8 Å². The van der Waals surface area contributed by atoms with Gasteiger partial charge in [0.25, 0.3) is 5.91 Å². The SMILES string of the molecule is CCN(CC)C(=O)COc1ccc(C(=O)O)cc1OC. The van der Waals surface area contributed by atoms with Crippen molar-refractivity contribution < 1.29 is 24.2 Å². The molecule has 0 saturated heterocycles. The number of hydrogen-bond acceptors (Lipinski definition) is 4. The first kappa shape index (κ1) is 15.8. The molecule has 0 bridgehead atoms. The van der Waals surface area contributed by atoms with E-state index in [9.17, 15) is 9.59 Å². The fraction of sp³-hybridized carbons (Fsp3) is 0.429. The highest BCUT2D eigenvalue weighted by atomic mass is 16.5. The van der Waals surface area contributed by atoms with Crippen LogP contribution in [0.3, 0.4) is 0 Å². The summed E-state index contributed by atoms with van der Waals surface area (Å²) in [7, 11) is 1.42. The third kappa shape index (κ3) is 3.88. The van der Waals surface area contributed by atoms with Gasteiger partial charge in [0.1, 0.15) is 0 Å². The second-order valence-corrected chi connectivity index (χ2v) is 4.03. The summed E-state index contributed by atoms with van der Waals surface area (Å²) in [5, 5.41) is 8.89. The van der Waals surface area contributed by atoms with Gasteiger partial charge in [-0.25, -0.2) is 4.79 Å². The summed E-state index contributed by atoms with van der Waals surface area (Å²) in [6.07, 6.45) is 0. The molecular weight excluding hydrogens is 262 g/mol. The van der Waals surface area contributed by atoms with Gasteiger partial charge in [-0.3, -0.25) is 4.79 Å². The molecule has 1 aromatic carbocycles. The molecule has 0 aliphatic rings. The van der Waals surface area contributed by atoms with Crippen LogP contribution in [0, 0.1) is 0 Å². The third-order valence-electron chi connectivity index (χ3n) is 2.88. The van der Waals surface area contributed by atoms with E-state index in [0.29, 0.717) is 18.8 Å². The second-order valence-electron chi connectivity index (χ2n) is 4.03. The fourth-order valence-corrected chi connectivity index (χ4v) is 1.73. The number of methoxy groups -OCH3 is 1. The lowest BCUT2D eigenvalue weighted by molar-refractivity contribution is -0.133. The molecule has 0 unspecified atom stereocenters. The van der Waals surface area contributed by atoms with Crippen LogP contribution in [0.15, 0.2) is 18.2 Å². The molecule has 0 spiro atoms. The Bertz CT molecular complexity index is 482. The van der Waals surface area contributed by atoms with Crippen molar-refractivity contribution in [2.24, 2.45) is 0 Å². The maximum Gasteiger partial charge on any atom is 0.335 e. The number of carbonyl (C=O) groups excluding carboxylic acids is 1. The Hall–Kier alpha value is -2.24. The van der Waals surface area contributed by atoms with Crippen LogP contribution in [-0.2, 0) is 4.79 Å². The molecule has 1 aromatic rings. The molecule has 0 aliphatic carbocycles. The molecule has 0 aromatic heterocycles. The molecule has 0 heterocycles. The molecule has 0 radical (unpaired) electrons. The number of aromatic carboxylic acids is 1. The zero-order valence-electron chi connectivity index (χ0n) is 11.9. The van der Waals surface area contributed by atoms with Gasteiger partial charge in [0.05, 0.1) is 12.7 Å². The summed E-state index contributed by atoms with van der Waals surface area (Å²) in [5.41, 5.74) is 0.101. The van der Waals surface area contributed by atoms with E-state index in [1.54, 1.807) is 4.90 Å². The zero-order chi connectivity index (χ0) is 15.1. The molecule has 1 amide bonds. The van der Waals surface area contributed by atoms with Gasteiger partial charge in [0.2, 0.25) is 0 Å². The van der Waals surface area contributed by atoms with Crippen LogP contribution < -0.4 is 9.47 Å². The number of ether oxygens (including phenoxy) is 2. The Morgan fingerprint density at radius 3 is 2.35 bits per heavy atom. The number of likely N-dealkylation sites (N-methyl/N-ethyl adjacent to an activating group) is 1. The van der Waals surface area contributed by atoms with E-state index >= 15 is 0 Å². The molecule has 6 heteroatoms. The van der Waals surface area contributed by atoms with Crippen molar-refractivity contribution >= 4 is 11.9 Å². The number of carboxylic acids is 1. The first-order valence-corrected chi connectivity index (χ1v) is 6.35. The average Bonchev–Trinajstić information content (AvgIpc) is 2.45. The van der Waals surface area contributed by atoms with Gasteiger partial charge in [0, 0.05) is 13.1 Å². The average molecular weight is 281 g/mol. The second kappa shape index (κ2) is 7.37. The predicted molar refractivity (Wildman–Crippen MR) is 73.4 cm³/mol. The Morgan fingerprint density at radius 1 is 1.20 bits per heavy atom. The zero-order valence-corrected chi connectivity index (χ0v) is 11.9. The number of nitrogens with zero attached hydrogens (tertiary/aromatic N) is 1. The number of carbonyl (C=O) groups is 2. The molecule has 0 atom stereocenters. The lowest BCUT2D eigenvalue weighted by Gasteiger charge is -2.19. The van der Waals surface area contributed by atoms with Gasteiger partial charge in [-0.2, -0.15) is 0 Å². The molecule has 110 valence electrons. The third-order valence-corrected chi connectivity index (χ3v) is 2.88. The number of hydrogen-bond donors (Lipinski definition) is 1. The van der Waals surface area contributed by atoms with Crippen molar-refractivity contribution in [3.05, 3.63) is 23.8 Å². The summed E-state index contributed by atoms with van der Waals surface area (Å²) in [6, 6.07) is 4.25. The van der Waals surface area contributed by atoms with E-state index in [2.05, 4.69) is 0 Å². The van der Waals surface area contributed by atoms with Crippen LogP contribution in [0.2, 0.25) is 0 Å². The van der Waals surface area contributed by atoms with Gasteiger partial charge in [-0.05, 0) is 32.0 Å². The Kier molecular flexibility index (Phi) is 5.83. The Balaban J connectivity index is 2.77. The lowest BCUT2D eigenvalue weighted by atomic mass is 10.2.